The Kier molecular flexibility index (Phi) is 7.43. The molecule has 186 valence electrons. The van der Waals surface area contributed by atoms with E-state index in [4.69, 9.17) is 9.73 Å². The van der Waals surface area contributed by atoms with Crippen molar-refractivity contribution in [1.82, 2.24) is 4.90 Å². The molecule has 5 nitrogen and oxygen atoms in total. The molecule has 1 amide bonds. The van der Waals surface area contributed by atoms with Gasteiger partial charge in [-0.3, -0.25) is 9.69 Å². The molecule has 6 heteroatoms. The maximum Gasteiger partial charge on any atom is 0.266 e. The second-order valence-corrected chi connectivity index (χ2v) is 11.4. The van der Waals surface area contributed by atoms with Gasteiger partial charge in [0.25, 0.3) is 5.91 Å². The maximum absolute atomic E-state index is 13.4. The zero-order chi connectivity index (χ0) is 25.3. The Hall–Kier alpha value is -2.57. The number of methoxy groups -OCH3 is 1. The number of thioether (sulfide) groups is 1. The van der Waals surface area contributed by atoms with Gasteiger partial charge in [0.15, 0.2) is 5.17 Å². The van der Waals surface area contributed by atoms with Crippen LogP contribution in [-0.4, -0.2) is 47.8 Å². The minimum absolute atomic E-state index is 0.0168. The third-order valence-corrected chi connectivity index (χ3v) is 7.86. The molecule has 1 saturated heterocycles. The van der Waals surface area contributed by atoms with Crippen LogP contribution in [0.25, 0.3) is 6.08 Å². The summed E-state index contributed by atoms with van der Waals surface area (Å²) in [5.74, 6) is 0.435. The summed E-state index contributed by atoms with van der Waals surface area (Å²) in [6.07, 6.45) is 3.14. The summed E-state index contributed by atoms with van der Waals surface area (Å²) in [5.41, 5.74) is 5.90. The fourth-order valence-electron chi connectivity index (χ4n) is 5.47. The van der Waals surface area contributed by atoms with Crippen LogP contribution >= 0.6 is 11.8 Å². The van der Waals surface area contributed by atoms with E-state index in [9.17, 15) is 4.79 Å². The second-order valence-electron chi connectivity index (χ2n) is 10.4. The lowest BCUT2D eigenvalue weighted by Gasteiger charge is -2.50. The number of nitrogens with zero attached hydrogens (tertiary/aromatic N) is 3. The van der Waals surface area contributed by atoms with Gasteiger partial charge in [-0.15, -0.1) is 0 Å². The van der Waals surface area contributed by atoms with Crippen LogP contribution in [0.15, 0.2) is 52.4 Å². The van der Waals surface area contributed by atoms with Crippen LogP contribution < -0.4 is 4.90 Å². The molecule has 35 heavy (non-hydrogen) atoms. The summed E-state index contributed by atoms with van der Waals surface area (Å²) in [5, 5.41) is 0.696. The average Bonchev–Trinajstić information content (AvgIpc) is 3.07. The predicted octanol–water partition coefficient (Wildman–Crippen LogP) is 6.75. The van der Waals surface area contributed by atoms with Crippen molar-refractivity contribution in [1.29, 1.82) is 0 Å². The van der Waals surface area contributed by atoms with Crippen LogP contribution in [-0.2, 0) is 9.53 Å². The van der Waals surface area contributed by atoms with E-state index in [0.29, 0.717) is 35.2 Å². The third kappa shape index (κ3) is 5.19. The topological polar surface area (TPSA) is 45.1 Å². The van der Waals surface area contributed by atoms with E-state index in [0.717, 1.165) is 17.7 Å². The van der Waals surface area contributed by atoms with Gasteiger partial charge < -0.3 is 9.64 Å². The van der Waals surface area contributed by atoms with Gasteiger partial charge in [-0.1, -0.05) is 25.1 Å². The molecule has 0 radical (unpaired) electrons. The molecule has 0 spiro atoms. The van der Waals surface area contributed by atoms with Gasteiger partial charge in [0.2, 0.25) is 0 Å². The summed E-state index contributed by atoms with van der Waals surface area (Å²) in [7, 11) is 1.65. The van der Waals surface area contributed by atoms with E-state index in [-0.39, 0.29) is 11.4 Å². The van der Waals surface area contributed by atoms with Gasteiger partial charge >= 0.3 is 0 Å². The Labute approximate surface area is 214 Å². The van der Waals surface area contributed by atoms with E-state index >= 15 is 0 Å². The monoisotopic (exact) mass is 491 g/mol. The largest absolute Gasteiger partial charge is 0.383 e. The number of fused-ring (bicyclic) bond motifs is 1. The number of amides is 1. The highest BCUT2D eigenvalue weighted by Crippen LogP contribution is 2.46. The van der Waals surface area contributed by atoms with E-state index in [2.05, 4.69) is 58.6 Å². The van der Waals surface area contributed by atoms with Gasteiger partial charge in [-0.2, -0.15) is 0 Å². The third-order valence-electron chi connectivity index (χ3n) is 6.85. The van der Waals surface area contributed by atoms with E-state index < -0.39 is 0 Å². The van der Waals surface area contributed by atoms with Crippen LogP contribution in [0, 0.1) is 6.92 Å². The molecule has 0 aliphatic carbocycles. The van der Waals surface area contributed by atoms with Crippen LogP contribution in [0.3, 0.4) is 0 Å². The van der Waals surface area contributed by atoms with Crippen LogP contribution in [0.5, 0.6) is 0 Å². The highest BCUT2D eigenvalue weighted by molar-refractivity contribution is 8.18. The minimum atomic E-state index is -0.0168. The smallest absolute Gasteiger partial charge is 0.266 e. The van der Waals surface area contributed by atoms with Crippen LogP contribution in [0.1, 0.15) is 63.6 Å². The Morgan fingerprint density at radius 2 is 1.94 bits per heavy atom. The standard InChI is InChI=1S/C29H37N3O2S/c1-19(2)32-25-15-20(3)22(16-24(25)21(4)18-29(32,5)6)17-26-27(33)31(13-14-34-7)28(35-26)30-23-11-9-8-10-12-23/h8-12,15-17,19,21H,13-14,18H2,1-7H3/b26-17-,30-28?/t21-/m0/s1. The molecule has 1 atom stereocenters. The fourth-order valence-corrected chi connectivity index (χ4v) is 6.49. The lowest BCUT2D eigenvalue weighted by atomic mass is 9.78. The molecule has 0 aromatic heterocycles. The SMILES string of the molecule is COCCN1C(=O)/C(=C/c2cc3c(cc2C)N(C(C)C)C(C)(C)C[C@@H]3C)SC1=Nc1ccccc1. The van der Waals surface area contributed by atoms with Crippen molar-refractivity contribution in [3.05, 3.63) is 64.1 Å². The molecule has 2 aromatic rings. The zero-order valence-electron chi connectivity index (χ0n) is 22.0. The first-order valence-electron chi connectivity index (χ1n) is 12.4. The van der Waals surface area contributed by atoms with Gasteiger partial charge in [0, 0.05) is 24.4 Å². The number of carbonyl (C=O) groups excluding carboxylic acids is 1. The molecule has 0 bridgehead atoms. The Morgan fingerprint density at radius 1 is 1.23 bits per heavy atom. The Balaban J connectivity index is 1.73. The van der Waals surface area contributed by atoms with Crippen molar-refractivity contribution in [2.45, 2.75) is 65.5 Å². The highest BCUT2D eigenvalue weighted by atomic mass is 32.2. The maximum atomic E-state index is 13.4. The number of rotatable bonds is 6. The molecular weight excluding hydrogens is 454 g/mol. The molecule has 2 aliphatic rings. The quantitative estimate of drug-likeness (QED) is 0.420. The molecule has 2 aromatic carbocycles. The number of hydrogen-bond donors (Lipinski definition) is 0. The summed E-state index contributed by atoms with van der Waals surface area (Å²) < 4.78 is 5.26. The van der Waals surface area contributed by atoms with E-state index in [1.165, 1.54) is 28.6 Å². The number of benzene rings is 2. The summed E-state index contributed by atoms with van der Waals surface area (Å²) >= 11 is 1.44. The molecule has 2 heterocycles. The number of aryl methyl sites for hydroxylation is 1. The Bertz CT molecular complexity index is 1150. The fraction of sp³-hybridized carbons (Fsp3) is 0.448. The van der Waals surface area contributed by atoms with Crippen molar-refractivity contribution in [2.75, 3.05) is 25.2 Å². The number of aliphatic imine (C=N–C) groups is 1. The number of ether oxygens (including phenoxy) is 1. The number of para-hydroxylation sites is 1. The predicted molar refractivity (Wildman–Crippen MR) is 149 cm³/mol. The minimum Gasteiger partial charge on any atom is -0.383 e. The van der Waals surface area contributed by atoms with Crippen LogP contribution in [0.2, 0.25) is 0 Å². The Morgan fingerprint density at radius 3 is 2.60 bits per heavy atom. The average molecular weight is 492 g/mol. The number of anilines is 1. The first-order chi connectivity index (χ1) is 16.6. The number of hydrogen-bond acceptors (Lipinski definition) is 5. The van der Waals surface area contributed by atoms with Crippen molar-refractivity contribution < 1.29 is 9.53 Å². The highest BCUT2D eigenvalue weighted by Gasteiger charge is 2.38. The molecular formula is C29H37N3O2S. The molecule has 2 aliphatic heterocycles. The number of carbonyl (C=O) groups is 1. The second kappa shape index (κ2) is 10.2. The summed E-state index contributed by atoms with van der Waals surface area (Å²) in [4.78, 5) is 23.1. The van der Waals surface area contributed by atoms with Crippen molar-refractivity contribution in [2.24, 2.45) is 4.99 Å². The molecule has 0 unspecified atom stereocenters. The summed E-state index contributed by atoms with van der Waals surface area (Å²) in [6, 6.07) is 14.8. The van der Waals surface area contributed by atoms with Crippen molar-refractivity contribution in [3.8, 4) is 0 Å². The molecule has 1 fully saturated rings. The van der Waals surface area contributed by atoms with Gasteiger partial charge in [0.05, 0.1) is 23.7 Å². The van der Waals surface area contributed by atoms with Gasteiger partial charge in [0.1, 0.15) is 0 Å². The molecule has 0 saturated carbocycles. The first kappa shape index (κ1) is 25.5. The lowest BCUT2D eigenvalue weighted by Crippen LogP contribution is -2.51. The lowest BCUT2D eigenvalue weighted by molar-refractivity contribution is -0.122. The summed E-state index contributed by atoms with van der Waals surface area (Å²) in [6.45, 7) is 14.6. The first-order valence-corrected chi connectivity index (χ1v) is 13.2. The van der Waals surface area contributed by atoms with Crippen molar-refractivity contribution in [3.63, 3.8) is 0 Å². The molecule has 4 rings (SSSR count). The van der Waals surface area contributed by atoms with Gasteiger partial charge in [-0.25, -0.2) is 4.99 Å². The zero-order valence-corrected chi connectivity index (χ0v) is 22.8. The van der Waals surface area contributed by atoms with E-state index in [1.807, 2.05) is 36.4 Å². The normalized spacial score (nSPS) is 21.9. The van der Waals surface area contributed by atoms with Crippen LogP contribution in [0.4, 0.5) is 11.4 Å². The number of amidine groups is 1. The molecule has 0 N–H and O–H groups in total. The van der Waals surface area contributed by atoms with Crippen molar-refractivity contribution >= 4 is 40.3 Å². The van der Waals surface area contributed by atoms with E-state index in [1.54, 1.807) is 12.0 Å². The van der Waals surface area contributed by atoms with Gasteiger partial charge in [-0.05, 0) is 106 Å².